The van der Waals surface area contributed by atoms with Crippen molar-refractivity contribution in [2.24, 2.45) is 0 Å². The van der Waals surface area contributed by atoms with E-state index >= 15 is 0 Å². The van der Waals surface area contributed by atoms with Gasteiger partial charge in [0.25, 0.3) is 0 Å². The molecule has 3 fully saturated rings. The first kappa shape index (κ1) is 11.0. The highest BCUT2D eigenvalue weighted by Gasteiger charge is 2.41. The molecule has 3 heteroatoms. The van der Waals surface area contributed by atoms with Crippen molar-refractivity contribution >= 4 is 0 Å². The summed E-state index contributed by atoms with van der Waals surface area (Å²) in [6, 6.07) is 2.62. The van der Waals surface area contributed by atoms with Crippen LogP contribution in [0.2, 0.25) is 0 Å². The molecule has 3 aliphatic heterocycles. The van der Waals surface area contributed by atoms with E-state index in [0.717, 1.165) is 44.4 Å². The number of ether oxygens (including phenoxy) is 1. The maximum atomic E-state index is 5.45. The van der Waals surface area contributed by atoms with E-state index in [1.54, 1.807) is 0 Å². The van der Waals surface area contributed by atoms with Gasteiger partial charge in [0.1, 0.15) is 0 Å². The predicted octanol–water partition coefficient (Wildman–Crippen LogP) is 1.33. The molecule has 16 heavy (non-hydrogen) atoms. The van der Waals surface area contributed by atoms with Crippen LogP contribution in [0.15, 0.2) is 0 Å². The second-order valence-corrected chi connectivity index (χ2v) is 5.49. The zero-order valence-corrected chi connectivity index (χ0v) is 10.4. The maximum absolute atomic E-state index is 5.45. The molecule has 0 aliphatic carbocycles. The Bertz CT molecular complexity index is 226. The molecule has 3 heterocycles. The topological polar surface area (TPSA) is 15.7 Å². The summed E-state index contributed by atoms with van der Waals surface area (Å²) >= 11 is 0. The number of fused-ring (bicyclic) bond motifs is 2. The van der Waals surface area contributed by atoms with Crippen LogP contribution in [0.3, 0.4) is 0 Å². The third-order valence-corrected chi connectivity index (χ3v) is 4.79. The van der Waals surface area contributed by atoms with E-state index < -0.39 is 0 Å². The lowest BCUT2D eigenvalue weighted by Crippen LogP contribution is -2.52. The second-order valence-electron chi connectivity index (χ2n) is 5.49. The molecule has 2 bridgehead atoms. The largest absolute Gasteiger partial charge is 0.379 e. The Balaban J connectivity index is 1.63. The van der Waals surface area contributed by atoms with Crippen molar-refractivity contribution in [3.05, 3.63) is 0 Å². The van der Waals surface area contributed by atoms with Crippen molar-refractivity contribution in [2.45, 2.75) is 50.7 Å². The van der Waals surface area contributed by atoms with Crippen LogP contribution in [0, 0.1) is 0 Å². The number of nitrogens with zero attached hydrogens (tertiary/aromatic N) is 2. The zero-order valence-electron chi connectivity index (χ0n) is 10.4. The van der Waals surface area contributed by atoms with Gasteiger partial charge in [-0.2, -0.15) is 0 Å². The summed E-state index contributed by atoms with van der Waals surface area (Å²) in [6.45, 7) is 7.80. The first-order valence-electron chi connectivity index (χ1n) is 6.96. The minimum atomic E-state index is 0.851. The summed E-state index contributed by atoms with van der Waals surface area (Å²) < 4.78 is 5.45. The van der Waals surface area contributed by atoms with E-state index in [-0.39, 0.29) is 0 Å². The smallest absolute Gasteiger partial charge is 0.0594 e. The van der Waals surface area contributed by atoms with Gasteiger partial charge in [0.2, 0.25) is 0 Å². The minimum absolute atomic E-state index is 0.851. The van der Waals surface area contributed by atoms with E-state index in [9.17, 15) is 0 Å². The van der Waals surface area contributed by atoms with Crippen molar-refractivity contribution in [3.8, 4) is 0 Å². The molecule has 0 N–H and O–H groups in total. The van der Waals surface area contributed by atoms with Crippen LogP contribution < -0.4 is 0 Å². The fourth-order valence-electron chi connectivity index (χ4n) is 4.00. The van der Waals surface area contributed by atoms with E-state index in [4.69, 9.17) is 4.74 Å². The molecule has 0 radical (unpaired) electrons. The van der Waals surface area contributed by atoms with E-state index in [1.165, 1.54) is 32.2 Å². The standard InChI is InChI=1S/C13H24N2O/c1-2-15-11-3-4-12(15)10-13(9-11)14-5-7-16-8-6-14/h11-13H,2-10H2,1H3. The summed E-state index contributed by atoms with van der Waals surface area (Å²) in [6.07, 6.45) is 5.70. The van der Waals surface area contributed by atoms with E-state index in [2.05, 4.69) is 16.7 Å². The lowest BCUT2D eigenvalue weighted by atomic mass is 9.95. The highest BCUT2D eigenvalue weighted by atomic mass is 16.5. The summed E-state index contributed by atoms with van der Waals surface area (Å²) in [5.74, 6) is 0. The normalized spacial score (nSPS) is 41.4. The van der Waals surface area contributed by atoms with Crippen molar-refractivity contribution in [1.29, 1.82) is 0 Å². The van der Waals surface area contributed by atoms with Crippen LogP contribution >= 0.6 is 0 Å². The summed E-state index contributed by atoms with van der Waals surface area (Å²) in [7, 11) is 0. The third-order valence-electron chi connectivity index (χ3n) is 4.79. The zero-order chi connectivity index (χ0) is 11.0. The Hall–Kier alpha value is -0.120. The molecule has 3 rings (SSSR count). The van der Waals surface area contributed by atoms with Gasteiger partial charge >= 0.3 is 0 Å². The number of piperidine rings is 1. The van der Waals surface area contributed by atoms with Gasteiger partial charge in [-0.25, -0.2) is 0 Å². The molecule has 0 aromatic rings. The molecule has 0 aromatic heterocycles. The fraction of sp³-hybridized carbons (Fsp3) is 1.00. The van der Waals surface area contributed by atoms with Gasteiger partial charge in [-0.15, -0.1) is 0 Å². The van der Waals surface area contributed by atoms with Crippen molar-refractivity contribution in [3.63, 3.8) is 0 Å². The third kappa shape index (κ3) is 1.89. The summed E-state index contributed by atoms with van der Waals surface area (Å²) in [4.78, 5) is 5.43. The van der Waals surface area contributed by atoms with Crippen molar-refractivity contribution in [1.82, 2.24) is 9.80 Å². The van der Waals surface area contributed by atoms with Gasteiger partial charge in [-0.3, -0.25) is 9.80 Å². The molecule has 2 unspecified atom stereocenters. The van der Waals surface area contributed by atoms with Crippen LogP contribution in [0.4, 0.5) is 0 Å². The van der Waals surface area contributed by atoms with Gasteiger partial charge in [0.15, 0.2) is 0 Å². The predicted molar refractivity (Wildman–Crippen MR) is 64.6 cm³/mol. The minimum Gasteiger partial charge on any atom is -0.379 e. The number of hydrogen-bond donors (Lipinski definition) is 0. The Morgan fingerprint density at radius 1 is 1.00 bits per heavy atom. The Morgan fingerprint density at radius 2 is 1.62 bits per heavy atom. The molecule has 92 valence electrons. The molecule has 0 aromatic carbocycles. The highest BCUT2D eigenvalue weighted by molar-refractivity contribution is 4.97. The average Bonchev–Trinajstić information content (AvgIpc) is 2.59. The van der Waals surface area contributed by atoms with E-state index in [1.807, 2.05) is 0 Å². The Morgan fingerprint density at radius 3 is 2.19 bits per heavy atom. The van der Waals surface area contributed by atoms with Crippen molar-refractivity contribution in [2.75, 3.05) is 32.8 Å². The molecule has 3 aliphatic rings. The fourth-order valence-corrected chi connectivity index (χ4v) is 4.00. The average molecular weight is 224 g/mol. The van der Waals surface area contributed by atoms with Gasteiger partial charge < -0.3 is 4.74 Å². The van der Waals surface area contributed by atoms with Crippen LogP contribution in [-0.2, 0) is 4.74 Å². The van der Waals surface area contributed by atoms with Crippen LogP contribution in [-0.4, -0.2) is 60.8 Å². The van der Waals surface area contributed by atoms with Crippen LogP contribution in [0.25, 0.3) is 0 Å². The first-order chi connectivity index (χ1) is 7.88. The lowest BCUT2D eigenvalue weighted by molar-refractivity contribution is -0.0116. The van der Waals surface area contributed by atoms with Crippen molar-refractivity contribution < 1.29 is 4.74 Å². The SMILES string of the molecule is CCN1C2CCC1CC(N1CCOCC1)C2. The highest BCUT2D eigenvalue weighted by Crippen LogP contribution is 2.37. The molecule has 3 saturated heterocycles. The van der Waals surface area contributed by atoms with Gasteiger partial charge in [0, 0.05) is 31.2 Å². The molecule has 0 spiro atoms. The molecule has 3 nitrogen and oxygen atoms in total. The number of hydrogen-bond acceptors (Lipinski definition) is 3. The van der Waals surface area contributed by atoms with Crippen LogP contribution in [0.1, 0.15) is 32.6 Å². The Labute approximate surface area is 98.7 Å². The lowest BCUT2D eigenvalue weighted by Gasteiger charge is -2.44. The van der Waals surface area contributed by atoms with E-state index in [0.29, 0.717) is 0 Å². The van der Waals surface area contributed by atoms with Gasteiger partial charge in [0.05, 0.1) is 13.2 Å². The Kier molecular flexibility index (Phi) is 3.18. The number of morpholine rings is 1. The number of rotatable bonds is 2. The van der Waals surface area contributed by atoms with Crippen LogP contribution in [0.5, 0.6) is 0 Å². The first-order valence-corrected chi connectivity index (χ1v) is 6.96. The molecule has 2 atom stereocenters. The monoisotopic (exact) mass is 224 g/mol. The molecular formula is C13H24N2O. The summed E-state index contributed by atoms with van der Waals surface area (Å²) in [5.41, 5.74) is 0. The van der Waals surface area contributed by atoms with Gasteiger partial charge in [-0.1, -0.05) is 6.92 Å². The quantitative estimate of drug-likeness (QED) is 0.704. The van der Waals surface area contributed by atoms with Gasteiger partial charge in [-0.05, 0) is 32.2 Å². The molecule has 0 saturated carbocycles. The molecule has 0 amide bonds. The second kappa shape index (κ2) is 4.63. The maximum Gasteiger partial charge on any atom is 0.0594 e. The summed E-state index contributed by atoms with van der Waals surface area (Å²) in [5, 5.41) is 0. The molecular weight excluding hydrogens is 200 g/mol.